The second-order valence-corrected chi connectivity index (χ2v) is 7.22. The van der Waals surface area contributed by atoms with Crippen molar-refractivity contribution in [2.75, 3.05) is 5.32 Å². The van der Waals surface area contributed by atoms with Gasteiger partial charge in [0.25, 0.3) is 11.5 Å². The number of nitrogens with one attached hydrogen (secondary N) is 1. The number of aromatic nitrogens is 3. The topological polar surface area (TPSA) is 86.0 Å². The normalized spacial score (nSPS) is 10.9. The fraction of sp³-hybridized carbons (Fsp3) is 0.100. The molecule has 0 radical (unpaired) electrons. The fourth-order valence-corrected chi connectivity index (χ4v) is 3.64. The maximum Gasteiger partial charge on any atom is 0.332 e. The highest BCUT2D eigenvalue weighted by atomic mass is 32.1. The molecule has 0 fully saturated rings. The standard InChI is InChI=1S/C20H16N4O3S/c1-23-17(11-18(25)24(2)20(23)27)22-19(26)13-10-15(16-8-5-9-28-16)21-14-7-4-3-6-12(13)14/h3-11H,1-2H3,(H,22,26). The Morgan fingerprint density at radius 3 is 2.57 bits per heavy atom. The number of thiophene rings is 1. The Hall–Kier alpha value is -3.52. The van der Waals surface area contributed by atoms with Crippen LogP contribution in [0.15, 0.2) is 63.5 Å². The largest absolute Gasteiger partial charge is 0.332 e. The number of hydrogen-bond acceptors (Lipinski definition) is 5. The molecule has 3 heterocycles. The fourth-order valence-electron chi connectivity index (χ4n) is 2.95. The van der Waals surface area contributed by atoms with E-state index >= 15 is 0 Å². The first-order chi connectivity index (χ1) is 13.5. The van der Waals surface area contributed by atoms with Crippen molar-refractivity contribution in [2.45, 2.75) is 0 Å². The molecule has 0 atom stereocenters. The third-order valence-corrected chi connectivity index (χ3v) is 5.39. The Labute approximate surface area is 163 Å². The lowest BCUT2D eigenvalue weighted by Crippen LogP contribution is -2.38. The summed E-state index contributed by atoms with van der Waals surface area (Å²) < 4.78 is 2.20. The molecule has 1 amide bonds. The zero-order valence-electron chi connectivity index (χ0n) is 15.2. The van der Waals surface area contributed by atoms with E-state index in [4.69, 9.17) is 0 Å². The molecule has 0 aliphatic heterocycles. The summed E-state index contributed by atoms with van der Waals surface area (Å²) in [5.41, 5.74) is 0.800. The van der Waals surface area contributed by atoms with Gasteiger partial charge in [-0.1, -0.05) is 24.3 Å². The molecule has 0 saturated heterocycles. The highest BCUT2D eigenvalue weighted by Crippen LogP contribution is 2.28. The van der Waals surface area contributed by atoms with E-state index in [1.807, 2.05) is 41.8 Å². The molecule has 0 saturated carbocycles. The predicted molar refractivity (Wildman–Crippen MR) is 110 cm³/mol. The molecule has 0 bridgehead atoms. The van der Waals surface area contributed by atoms with Crippen LogP contribution in [0.5, 0.6) is 0 Å². The van der Waals surface area contributed by atoms with Crippen LogP contribution in [0.3, 0.4) is 0 Å². The summed E-state index contributed by atoms with van der Waals surface area (Å²) in [6, 6.07) is 14.2. The molecule has 7 nitrogen and oxygen atoms in total. The summed E-state index contributed by atoms with van der Waals surface area (Å²) in [5.74, 6) is -0.281. The molecule has 1 N–H and O–H groups in total. The van der Waals surface area contributed by atoms with Gasteiger partial charge in [-0.25, -0.2) is 9.78 Å². The Bertz CT molecular complexity index is 1320. The average Bonchev–Trinajstić information content (AvgIpc) is 3.24. The molecule has 1 aromatic carbocycles. The lowest BCUT2D eigenvalue weighted by atomic mass is 10.1. The Morgan fingerprint density at radius 2 is 1.82 bits per heavy atom. The Balaban J connectivity index is 1.84. The van der Waals surface area contributed by atoms with Gasteiger partial charge in [0.1, 0.15) is 5.82 Å². The van der Waals surface area contributed by atoms with E-state index in [1.165, 1.54) is 36.1 Å². The van der Waals surface area contributed by atoms with Crippen molar-refractivity contribution in [1.29, 1.82) is 0 Å². The molecule has 3 aromatic heterocycles. The van der Waals surface area contributed by atoms with Crippen LogP contribution >= 0.6 is 11.3 Å². The van der Waals surface area contributed by atoms with Crippen molar-refractivity contribution < 1.29 is 4.79 Å². The van der Waals surface area contributed by atoms with E-state index in [0.717, 1.165) is 9.44 Å². The monoisotopic (exact) mass is 392 g/mol. The van der Waals surface area contributed by atoms with Crippen LogP contribution < -0.4 is 16.6 Å². The van der Waals surface area contributed by atoms with Crippen LogP contribution in [0.25, 0.3) is 21.5 Å². The summed E-state index contributed by atoms with van der Waals surface area (Å²) >= 11 is 1.53. The number of rotatable bonds is 3. The molecular weight excluding hydrogens is 376 g/mol. The highest BCUT2D eigenvalue weighted by molar-refractivity contribution is 7.13. The van der Waals surface area contributed by atoms with E-state index in [1.54, 1.807) is 6.07 Å². The van der Waals surface area contributed by atoms with Crippen molar-refractivity contribution in [3.63, 3.8) is 0 Å². The van der Waals surface area contributed by atoms with Gasteiger partial charge in [0.2, 0.25) is 0 Å². The van der Waals surface area contributed by atoms with E-state index in [9.17, 15) is 14.4 Å². The summed E-state index contributed by atoms with van der Waals surface area (Å²) in [4.78, 5) is 42.7. The summed E-state index contributed by atoms with van der Waals surface area (Å²) in [6.07, 6.45) is 0. The van der Waals surface area contributed by atoms with E-state index < -0.39 is 17.2 Å². The van der Waals surface area contributed by atoms with Crippen molar-refractivity contribution in [2.24, 2.45) is 14.1 Å². The summed E-state index contributed by atoms with van der Waals surface area (Å²) in [5, 5.41) is 5.32. The number of para-hydroxylation sites is 1. The van der Waals surface area contributed by atoms with Gasteiger partial charge >= 0.3 is 5.69 Å². The van der Waals surface area contributed by atoms with Crippen LogP contribution in [0.2, 0.25) is 0 Å². The molecule has 0 unspecified atom stereocenters. The van der Waals surface area contributed by atoms with Crippen LogP contribution in [-0.2, 0) is 14.1 Å². The van der Waals surface area contributed by atoms with Gasteiger partial charge in [-0.05, 0) is 23.6 Å². The van der Waals surface area contributed by atoms with Gasteiger partial charge in [0.05, 0.1) is 21.7 Å². The highest BCUT2D eigenvalue weighted by Gasteiger charge is 2.16. The van der Waals surface area contributed by atoms with Crippen molar-refractivity contribution in [1.82, 2.24) is 14.1 Å². The van der Waals surface area contributed by atoms with Crippen LogP contribution in [-0.4, -0.2) is 20.0 Å². The van der Waals surface area contributed by atoms with Gasteiger partial charge in [-0.3, -0.25) is 18.7 Å². The number of carbonyl (C=O) groups excluding carboxylic acids is 1. The molecule has 4 rings (SSSR count). The summed E-state index contributed by atoms with van der Waals surface area (Å²) in [7, 11) is 2.89. The first-order valence-electron chi connectivity index (χ1n) is 8.48. The predicted octanol–water partition coefficient (Wildman–Crippen LogP) is 2.61. The molecular formula is C20H16N4O3S. The average molecular weight is 392 g/mol. The first-order valence-corrected chi connectivity index (χ1v) is 9.36. The first kappa shape index (κ1) is 17.9. The number of anilines is 1. The summed E-state index contributed by atoms with van der Waals surface area (Å²) in [6.45, 7) is 0. The minimum absolute atomic E-state index is 0.136. The second-order valence-electron chi connectivity index (χ2n) is 6.27. The second kappa shape index (κ2) is 6.90. The lowest BCUT2D eigenvalue weighted by Gasteiger charge is -2.12. The molecule has 4 aromatic rings. The molecule has 8 heteroatoms. The van der Waals surface area contributed by atoms with E-state index in [0.29, 0.717) is 22.2 Å². The van der Waals surface area contributed by atoms with E-state index in [-0.39, 0.29) is 5.82 Å². The third-order valence-electron chi connectivity index (χ3n) is 4.50. The number of benzene rings is 1. The minimum atomic E-state index is -0.512. The van der Waals surface area contributed by atoms with Crippen molar-refractivity contribution in [3.05, 3.63) is 80.3 Å². The van der Waals surface area contributed by atoms with Gasteiger partial charge in [-0.2, -0.15) is 0 Å². The van der Waals surface area contributed by atoms with Crippen LogP contribution in [0.4, 0.5) is 5.82 Å². The number of pyridine rings is 1. The number of hydrogen-bond donors (Lipinski definition) is 1. The molecule has 0 spiro atoms. The smallest absolute Gasteiger partial charge is 0.308 e. The number of carbonyl (C=O) groups is 1. The maximum absolute atomic E-state index is 13.0. The number of amides is 1. The molecule has 0 aliphatic carbocycles. The zero-order chi connectivity index (χ0) is 19.8. The lowest BCUT2D eigenvalue weighted by molar-refractivity contribution is 0.102. The van der Waals surface area contributed by atoms with Crippen LogP contribution in [0, 0.1) is 0 Å². The Kier molecular flexibility index (Phi) is 4.40. The van der Waals surface area contributed by atoms with Crippen molar-refractivity contribution in [3.8, 4) is 10.6 Å². The SMILES string of the molecule is Cn1c(NC(=O)c2cc(-c3cccs3)nc3ccccc23)cc(=O)n(C)c1=O. The Morgan fingerprint density at radius 1 is 1.04 bits per heavy atom. The molecule has 140 valence electrons. The number of fused-ring (bicyclic) bond motifs is 1. The molecule has 0 aliphatic rings. The minimum Gasteiger partial charge on any atom is -0.308 e. The van der Waals surface area contributed by atoms with E-state index in [2.05, 4.69) is 10.3 Å². The van der Waals surface area contributed by atoms with Gasteiger partial charge in [-0.15, -0.1) is 11.3 Å². The van der Waals surface area contributed by atoms with Gasteiger partial charge in [0.15, 0.2) is 0 Å². The quantitative estimate of drug-likeness (QED) is 0.581. The van der Waals surface area contributed by atoms with Crippen molar-refractivity contribution >= 4 is 34.0 Å². The van der Waals surface area contributed by atoms with Crippen LogP contribution in [0.1, 0.15) is 10.4 Å². The molecule has 28 heavy (non-hydrogen) atoms. The van der Waals surface area contributed by atoms with Gasteiger partial charge in [0, 0.05) is 25.5 Å². The third kappa shape index (κ3) is 3.03. The zero-order valence-corrected chi connectivity index (χ0v) is 16.0. The maximum atomic E-state index is 13.0. The number of nitrogens with zero attached hydrogens (tertiary/aromatic N) is 3. The van der Waals surface area contributed by atoms with Gasteiger partial charge < -0.3 is 5.32 Å².